The molecule has 3 aliphatic heterocycles. The van der Waals surface area contributed by atoms with Crippen molar-refractivity contribution in [3.8, 4) is 0 Å². The number of aromatic amines is 1. The van der Waals surface area contributed by atoms with E-state index in [9.17, 15) is 4.79 Å². The standard InChI is InChI=1S/C28H38N6O3/c1-21-7-13-34(14-8-21)24-19-22(5-6-23(24)31-27(35)26-30-20-25(29-2)32-26)28(9-16-36-17-10-28)37-18-15-33-11-3-4-12-33/h5-6,19-21H,3-4,7-18H2,1H3,(H,30,32)(H,31,35). The van der Waals surface area contributed by atoms with Crippen molar-refractivity contribution in [1.29, 1.82) is 0 Å². The average Bonchev–Trinajstić information content (AvgIpc) is 3.63. The largest absolute Gasteiger partial charge is 0.381 e. The summed E-state index contributed by atoms with van der Waals surface area (Å²) in [5.74, 6) is 0.734. The lowest BCUT2D eigenvalue weighted by Crippen LogP contribution is -2.39. The van der Waals surface area contributed by atoms with Gasteiger partial charge in [-0.2, -0.15) is 0 Å². The van der Waals surface area contributed by atoms with E-state index in [1.54, 1.807) is 0 Å². The van der Waals surface area contributed by atoms with Crippen LogP contribution in [-0.4, -0.2) is 73.3 Å². The molecule has 1 aromatic heterocycles. The van der Waals surface area contributed by atoms with Gasteiger partial charge >= 0.3 is 5.91 Å². The van der Waals surface area contributed by atoms with Crippen LogP contribution in [0.4, 0.5) is 17.2 Å². The Kier molecular flexibility index (Phi) is 8.08. The lowest BCUT2D eigenvalue weighted by molar-refractivity contribution is -0.119. The van der Waals surface area contributed by atoms with E-state index in [1.165, 1.54) is 32.1 Å². The second-order valence-corrected chi connectivity index (χ2v) is 10.6. The van der Waals surface area contributed by atoms with Crippen LogP contribution >= 0.6 is 0 Å². The van der Waals surface area contributed by atoms with Crippen molar-refractivity contribution in [2.45, 2.75) is 51.0 Å². The van der Waals surface area contributed by atoms with E-state index in [-0.39, 0.29) is 23.2 Å². The van der Waals surface area contributed by atoms with Crippen molar-refractivity contribution < 1.29 is 14.3 Å². The number of nitrogens with zero attached hydrogens (tertiary/aromatic N) is 4. The first kappa shape index (κ1) is 25.7. The van der Waals surface area contributed by atoms with E-state index >= 15 is 0 Å². The number of hydrogen-bond acceptors (Lipinski definition) is 6. The number of anilines is 2. The molecular formula is C28H38N6O3. The number of H-pyrrole nitrogens is 1. The predicted octanol–water partition coefficient (Wildman–Crippen LogP) is 4.57. The SMILES string of the molecule is [C-]#[N+]c1cnc(C(=O)Nc2ccc(C3(OCCN4CCCC4)CCOCC3)cc2N2CCC(C)CC2)[nH]1. The fraction of sp³-hybridized carbons (Fsp3) is 0.607. The Hall–Kier alpha value is -2.93. The van der Waals surface area contributed by atoms with Crippen molar-refractivity contribution in [2.24, 2.45) is 5.92 Å². The van der Waals surface area contributed by atoms with E-state index in [0.717, 1.165) is 62.3 Å². The number of likely N-dealkylation sites (tertiary alicyclic amines) is 1. The van der Waals surface area contributed by atoms with Crippen molar-refractivity contribution in [1.82, 2.24) is 14.9 Å². The molecule has 1 amide bonds. The number of hydrogen-bond donors (Lipinski definition) is 2. The van der Waals surface area contributed by atoms with E-state index < -0.39 is 0 Å². The molecule has 0 saturated carbocycles. The second kappa shape index (κ2) is 11.6. The zero-order valence-corrected chi connectivity index (χ0v) is 21.8. The fourth-order valence-corrected chi connectivity index (χ4v) is 5.69. The molecule has 3 saturated heterocycles. The molecule has 4 heterocycles. The number of imidazole rings is 1. The van der Waals surface area contributed by atoms with Crippen LogP contribution in [0.2, 0.25) is 0 Å². The topological polar surface area (TPSA) is 87.1 Å². The van der Waals surface area contributed by atoms with Crippen LogP contribution in [0.25, 0.3) is 4.85 Å². The minimum Gasteiger partial charge on any atom is -0.381 e. The molecule has 37 heavy (non-hydrogen) atoms. The Labute approximate surface area is 219 Å². The number of rotatable bonds is 8. The summed E-state index contributed by atoms with van der Waals surface area (Å²) in [7, 11) is 0. The molecule has 9 heteroatoms. The van der Waals surface area contributed by atoms with Crippen LogP contribution in [0.1, 0.15) is 61.6 Å². The number of aromatic nitrogens is 2. The van der Waals surface area contributed by atoms with Gasteiger partial charge in [0.15, 0.2) is 0 Å². The van der Waals surface area contributed by atoms with Gasteiger partial charge in [-0.3, -0.25) is 9.78 Å². The highest BCUT2D eigenvalue weighted by Crippen LogP contribution is 2.40. The molecule has 0 radical (unpaired) electrons. The van der Waals surface area contributed by atoms with Gasteiger partial charge in [0, 0.05) is 45.7 Å². The smallest absolute Gasteiger partial charge is 0.314 e. The van der Waals surface area contributed by atoms with Gasteiger partial charge in [0.2, 0.25) is 5.82 Å². The maximum absolute atomic E-state index is 13.0. The summed E-state index contributed by atoms with van der Waals surface area (Å²) in [5.41, 5.74) is 2.54. The summed E-state index contributed by atoms with van der Waals surface area (Å²) in [6, 6.07) is 6.32. The Balaban J connectivity index is 1.41. The Morgan fingerprint density at radius 3 is 2.70 bits per heavy atom. The van der Waals surface area contributed by atoms with Crippen LogP contribution in [0, 0.1) is 12.5 Å². The van der Waals surface area contributed by atoms with Crippen molar-refractivity contribution in [3.63, 3.8) is 0 Å². The van der Waals surface area contributed by atoms with Crippen molar-refractivity contribution in [2.75, 3.05) is 62.8 Å². The van der Waals surface area contributed by atoms with E-state index in [4.69, 9.17) is 16.0 Å². The van der Waals surface area contributed by atoms with Gasteiger partial charge < -0.3 is 29.4 Å². The van der Waals surface area contributed by atoms with E-state index in [1.807, 2.05) is 6.07 Å². The lowest BCUT2D eigenvalue weighted by Gasteiger charge is -2.40. The number of carbonyl (C=O) groups excluding carboxylic acids is 1. The number of carbonyl (C=O) groups is 1. The van der Waals surface area contributed by atoms with Gasteiger partial charge in [-0.1, -0.05) is 19.6 Å². The van der Waals surface area contributed by atoms with Gasteiger partial charge in [0.1, 0.15) is 0 Å². The van der Waals surface area contributed by atoms with Crippen molar-refractivity contribution >= 4 is 23.1 Å². The van der Waals surface area contributed by atoms with Crippen LogP contribution in [0.15, 0.2) is 24.4 Å². The summed E-state index contributed by atoms with van der Waals surface area (Å²) in [5, 5.41) is 3.05. The van der Waals surface area contributed by atoms with Crippen LogP contribution in [0.3, 0.4) is 0 Å². The van der Waals surface area contributed by atoms with Gasteiger partial charge in [0.25, 0.3) is 5.82 Å². The average molecular weight is 507 g/mol. The zero-order valence-electron chi connectivity index (χ0n) is 21.8. The summed E-state index contributed by atoms with van der Waals surface area (Å²) in [6.07, 6.45) is 7.82. The maximum Gasteiger partial charge on any atom is 0.314 e. The van der Waals surface area contributed by atoms with Gasteiger partial charge in [0.05, 0.1) is 29.8 Å². The third kappa shape index (κ3) is 5.98. The lowest BCUT2D eigenvalue weighted by atomic mass is 9.85. The molecule has 0 spiro atoms. The maximum atomic E-state index is 13.0. The van der Waals surface area contributed by atoms with Gasteiger partial charge in [-0.15, -0.1) is 0 Å². The molecule has 0 atom stereocenters. The first-order valence-corrected chi connectivity index (χ1v) is 13.6. The first-order chi connectivity index (χ1) is 18.1. The molecular weight excluding hydrogens is 468 g/mol. The number of amides is 1. The number of ether oxygens (including phenoxy) is 2. The molecule has 9 nitrogen and oxygen atoms in total. The molecule has 198 valence electrons. The Morgan fingerprint density at radius 1 is 1.24 bits per heavy atom. The van der Waals surface area contributed by atoms with Crippen LogP contribution < -0.4 is 10.2 Å². The predicted molar refractivity (Wildman–Crippen MR) is 143 cm³/mol. The summed E-state index contributed by atoms with van der Waals surface area (Å²) >= 11 is 0. The number of nitrogens with one attached hydrogen (secondary N) is 2. The molecule has 3 fully saturated rings. The summed E-state index contributed by atoms with van der Waals surface area (Å²) in [4.78, 5) is 28.0. The third-order valence-corrected chi connectivity index (χ3v) is 8.08. The molecule has 2 N–H and O–H groups in total. The normalized spacial score (nSPS) is 20.6. The summed E-state index contributed by atoms with van der Waals surface area (Å²) < 4.78 is 12.4. The van der Waals surface area contributed by atoms with Crippen LogP contribution in [-0.2, 0) is 15.1 Å². The highest BCUT2D eigenvalue weighted by atomic mass is 16.5. The monoisotopic (exact) mass is 506 g/mol. The number of piperidine rings is 1. The highest BCUT2D eigenvalue weighted by Gasteiger charge is 2.37. The minimum atomic E-state index is -0.385. The highest BCUT2D eigenvalue weighted by molar-refractivity contribution is 6.04. The molecule has 0 aliphatic carbocycles. The quantitative estimate of drug-likeness (QED) is 0.510. The molecule has 3 aliphatic rings. The van der Waals surface area contributed by atoms with E-state index in [2.05, 4.69) is 49.0 Å². The fourth-order valence-electron chi connectivity index (χ4n) is 5.69. The zero-order chi connectivity index (χ0) is 25.7. The summed E-state index contributed by atoms with van der Waals surface area (Å²) in [6.45, 7) is 16.7. The molecule has 0 unspecified atom stereocenters. The van der Waals surface area contributed by atoms with Gasteiger partial charge in [-0.05, 0) is 62.4 Å². The number of benzene rings is 1. The van der Waals surface area contributed by atoms with Crippen LogP contribution in [0.5, 0.6) is 0 Å². The molecule has 1 aromatic carbocycles. The molecule has 5 rings (SSSR count). The Bertz CT molecular complexity index is 1110. The first-order valence-electron chi connectivity index (χ1n) is 13.6. The van der Waals surface area contributed by atoms with E-state index in [0.29, 0.717) is 25.7 Å². The minimum absolute atomic E-state index is 0.138. The van der Waals surface area contributed by atoms with Crippen molar-refractivity contribution in [3.05, 3.63) is 47.2 Å². The second-order valence-electron chi connectivity index (χ2n) is 10.6. The molecule has 2 aromatic rings. The Morgan fingerprint density at radius 2 is 2.00 bits per heavy atom. The molecule has 0 bridgehead atoms. The van der Waals surface area contributed by atoms with Gasteiger partial charge in [-0.25, -0.2) is 4.98 Å². The third-order valence-electron chi connectivity index (χ3n) is 8.08.